The molecule has 132 valence electrons. The number of urea groups is 1. The quantitative estimate of drug-likeness (QED) is 0.826. The summed E-state index contributed by atoms with van der Waals surface area (Å²) >= 11 is 0. The number of carbonyl (C=O) groups is 1. The van der Waals surface area contributed by atoms with Crippen LogP contribution in [0.1, 0.15) is 44.9 Å². The van der Waals surface area contributed by atoms with E-state index in [1.807, 2.05) is 12.1 Å². The molecular weight excluding hydrogens is 305 g/mol. The van der Waals surface area contributed by atoms with E-state index in [0.717, 1.165) is 38.0 Å². The number of halogens is 1. The highest BCUT2D eigenvalue weighted by Gasteiger charge is 2.23. The van der Waals surface area contributed by atoms with Gasteiger partial charge in [0.15, 0.2) is 0 Å². The van der Waals surface area contributed by atoms with Gasteiger partial charge in [0.1, 0.15) is 5.82 Å². The summed E-state index contributed by atoms with van der Waals surface area (Å²) in [6.45, 7) is 2.58. The second-order valence-corrected chi connectivity index (χ2v) is 7.12. The lowest BCUT2D eigenvalue weighted by atomic mass is 10.1. The van der Waals surface area contributed by atoms with Crippen molar-refractivity contribution in [3.8, 4) is 0 Å². The summed E-state index contributed by atoms with van der Waals surface area (Å²) in [5.74, 6) is 0.251. The molecule has 1 aromatic carbocycles. The number of nitrogens with one attached hydrogen (secondary N) is 2. The molecule has 1 saturated heterocycles. The highest BCUT2D eigenvalue weighted by atomic mass is 19.1. The lowest BCUT2D eigenvalue weighted by Gasteiger charge is -2.20. The van der Waals surface area contributed by atoms with Gasteiger partial charge in [-0.05, 0) is 49.4 Å². The minimum Gasteiger partial charge on any atom is -0.371 e. The van der Waals surface area contributed by atoms with E-state index in [0.29, 0.717) is 18.5 Å². The average molecular weight is 333 g/mol. The summed E-state index contributed by atoms with van der Waals surface area (Å²) in [5.41, 5.74) is 1.06. The fourth-order valence-electron chi connectivity index (χ4n) is 3.78. The van der Waals surface area contributed by atoms with Crippen LogP contribution in [0.2, 0.25) is 0 Å². The van der Waals surface area contributed by atoms with E-state index in [4.69, 9.17) is 0 Å². The van der Waals surface area contributed by atoms with Crippen LogP contribution in [0.4, 0.5) is 14.9 Å². The summed E-state index contributed by atoms with van der Waals surface area (Å²) in [4.78, 5) is 14.4. The third kappa shape index (κ3) is 4.86. The molecule has 1 aliphatic heterocycles. The lowest BCUT2D eigenvalue weighted by Crippen LogP contribution is -2.43. The molecule has 0 radical (unpaired) electrons. The first kappa shape index (κ1) is 17.1. The molecule has 2 amide bonds. The number of benzene rings is 1. The Morgan fingerprint density at radius 1 is 1.08 bits per heavy atom. The van der Waals surface area contributed by atoms with Crippen molar-refractivity contribution in [1.82, 2.24) is 10.6 Å². The maximum absolute atomic E-state index is 13.0. The summed E-state index contributed by atoms with van der Waals surface area (Å²) in [6.07, 6.45) is 8.30. The van der Waals surface area contributed by atoms with Crippen molar-refractivity contribution in [2.24, 2.45) is 5.92 Å². The minimum atomic E-state index is -0.202. The topological polar surface area (TPSA) is 44.4 Å². The molecule has 1 aromatic rings. The molecule has 1 atom stereocenters. The molecule has 2 aliphatic rings. The first-order chi connectivity index (χ1) is 11.7. The van der Waals surface area contributed by atoms with E-state index in [1.165, 1.54) is 37.8 Å². The maximum atomic E-state index is 13.0. The molecule has 1 aliphatic carbocycles. The van der Waals surface area contributed by atoms with Crippen molar-refractivity contribution in [2.75, 3.05) is 24.5 Å². The Morgan fingerprint density at radius 2 is 1.79 bits per heavy atom. The van der Waals surface area contributed by atoms with E-state index >= 15 is 0 Å². The zero-order chi connectivity index (χ0) is 16.8. The van der Waals surface area contributed by atoms with E-state index in [9.17, 15) is 9.18 Å². The molecule has 2 fully saturated rings. The van der Waals surface area contributed by atoms with Crippen LogP contribution in [-0.4, -0.2) is 31.7 Å². The van der Waals surface area contributed by atoms with Crippen molar-refractivity contribution in [3.05, 3.63) is 30.1 Å². The molecule has 5 heteroatoms. The second-order valence-electron chi connectivity index (χ2n) is 7.12. The second kappa shape index (κ2) is 8.36. The van der Waals surface area contributed by atoms with Gasteiger partial charge < -0.3 is 15.5 Å². The van der Waals surface area contributed by atoms with Gasteiger partial charge >= 0.3 is 6.03 Å². The number of carbonyl (C=O) groups excluding carboxylic acids is 1. The predicted molar refractivity (Wildman–Crippen MR) is 94.7 cm³/mol. The zero-order valence-corrected chi connectivity index (χ0v) is 14.3. The van der Waals surface area contributed by atoms with Gasteiger partial charge in [0.25, 0.3) is 0 Å². The largest absolute Gasteiger partial charge is 0.371 e. The standard InChI is InChI=1S/C19H28FN3O/c20-16-7-9-18(10-8-16)23-12-11-15(14-23)13-21-19(24)22-17-5-3-1-2-4-6-17/h7-10,15,17H,1-6,11-14H2,(H2,21,22,24)/t15-/m1/s1. The molecule has 1 heterocycles. The van der Waals surface area contributed by atoms with E-state index in [-0.39, 0.29) is 11.8 Å². The van der Waals surface area contributed by atoms with Crippen LogP contribution in [0.3, 0.4) is 0 Å². The SMILES string of the molecule is O=C(NC[C@H]1CCN(c2ccc(F)cc2)C1)NC1CCCCCC1. The fraction of sp³-hybridized carbons (Fsp3) is 0.632. The van der Waals surface area contributed by atoms with Crippen LogP contribution in [0.5, 0.6) is 0 Å². The van der Waals surface area contributed by atoms with Gasteiger partial charge in [0.05, 0.1) is 0 Å². The zero-order valence-electron chi connectivity index (χ0n) is 14.3. The molecule has 0 aromatic heterocycles. The number of hydrogen-bond acceptors (Lipinski definition) is 2. The van der Waals surface area contributed by atoms with Crippen LogP contribution in [-0.2, 0) is 0 Å². The Labute approximate surface area is 143 Å². The third-order valence-corrected chi connectivity index (χ3v) is 5.22. The molecule has 2 N–H and O–H groups in total. The predicted octanol–water partition coefficient (Wildman–Crippen LogP) is 3.67. The molecular formula is C19H28FN3O. The van der Waals surface area contributed by atoms with Gasteiger partial charge in [0.2, 0.25) is 0 Å². The van der Waals surface area contributed by atoms with Crippen LogP contribution >= 0.6 is 0 Å². The smallest absolute Gasteiger partial charge is 0.315 e. The van der Waals surface area contributed by atoms with Crippen LogP contribution < -0.4 is 15.5 Å². The minimum absolute atomic E-state index is 0.0258. The molecule has 1 saturated carbocycles. The van der Waals surface area contributed by atoms with E-state index in [1.54, 1.807) is 0 Å². The van der Waals surface area contributed by atoms with Gasteiger partial charge in [-0.3, -0.25) is 0 Å². The maximum Gasteiger partial charge on any atom is 0.315 e. The summed E-state index contributed by atoms with van der Waals surface area (Å²) in [5, 5.41) is 6.16. The Bertz CT molecular complexity index is 526. The van der Waals surface area contributed by atoms with Crippen LogP contribution in [0.25, 0.3) is 0 Å². The highest BCUT2D eigenvalue weighted by Crippen LogP contribution is 2.23. The van der Waals surface area contributed by atoms with Gasteiger partial charge in [-0.25, -0.2) is 9.18 Å². The number of anilines is 1. The number of hydrogen-bond donors (Lipinski definition) is 2. The molecule has 3 rings (SSSR count). The van der Waals surface area contributed by atoms with E-state index in [2.05, 4.69) is 15.5 Å². The molecule has 0 spiro atoms. The van der Waals surface area contributed by atoms with Gasteiger partial charge in [-0.15, -0.1) is 0 Å². The Balaban J connectivity index is 1.39. The van der Waals surface area contributed by atoms with Gasteiger partial charge in [-0.1, -0.05) is 25.7 Å². The van der Waals surface area contributed by atoms with Gasteiger partial charge in [0, 0.05) is 31.4 Å². The van der Waals surface area contributed by atoms with Crippen molar-refractivity contribution >= 4 is 11.7 Å². The summed E-state index contributed by atoms with van der Waals surface area (Å²) in [6, 6.07) is 6.96. The highest BCUT2D eigenvalue weighted by molar-refractivity contribution is 5.74. The third-order valence-electron chi connectivity index (χ3n) is 5.22. The summed E-state index contributed by atoms with van der Waals surface area (Å²) in [7, 11) is 0. The lowest BCUT2D eigenvalue weighted by molar-refractivity contribution is 0.234. The van der Waals surface area contributed by atoms with Gasteiger partial charge in [-0.2, -0.15) is 0 Å². The summed E-state index contributed by atoms with van der Waals surface area (Å²) < 4.78 is 13.0. The normalized spacial score (nSPS) is 22.2. The number of amides is 2. The van der Waals surface area contributed by atoms with Crippen molar-refractivity contribution < 1.29 is 9.18 Å². The molecule has 4 nitrogen and oxygen atoms in total. The first-order valence-corrected chi connectivity index (χ1v) is 9.25. The van der Waals surface area contributed by atoms with Crippen LogP contribution in [0.15, 0.2) is 24.3 Å². The Morgan fingerprint density at radius 3 is 2.50 bits per heavy atom. The van der Waals surface area contributed by atoms with Crippen molar-refractivity contribution in [3.63, 3.8) is 0 Å². The molecule has 0 unspecified atom stereocenters. The van der Waals surface area contributed by atoms with Crippen molar-refractivity contribution in [1.29, 1.82) is 0 Å². The van der Waals surface area contributed by atoms with Crippen molar-refractivity contribution in [2.45, 2.75) is 51.0 Å². The average Bonchev–Trinajstić information content (AvgIpc) is 2.91. The number of nitrogens with zero attached hydrogens (tertiary/aromatic N) is 1. The van der Waals surface area contributed by atoms with Crippen LogP contribution in [0, 0.1) is 11.7 Å². The molecule has 0 bridgehead atoms. The van der Waals surface area contributed by atoms with E-state index < -0.39 is 0 Å². The monoisotopic (exact) mass is 333 g/mol. The number of rotatable bonds is 4. The Hall–Kier alpha value is -1.78. The molecule has 24 heavy (non-hydrogen) atoms. The first-order valence-electron chi connectivity index (χ1n) is 9.25. The fourth-order valence-corrected chi connectivity index (χ4v) is 3.78. The Kier molecular flexibility index (Phi) is 5.94.